The second kappa shape index (κ2) is 7.35. The monoisotopic (exact) mass is 310 g/mol. The predicted molar refractivity (Wildman–Crippen MR) is 88.8 cm³/mol. The SMILES string of the molecule is CC(C)NC(=O)c1ccccc1NC(=O)c1ccc(C=O)cc1. The van der Waals surface area contributed by atoms with Crippen LogP contribution in [-0.2, 0) is 0 Å². The Morgan fingerprint density at radius 3 is 2.22 bits per heavy atom. The molecule has 2 aromatic rings. The van der Waals surface area contributed by atoms with Gasteiger partial charge >= 0.3 is 0 Å². The molecule has 0 saturated heterocycles. The summed E-state index contributed by atoms with van der Waals surface area (Å²) in [6, 6.07) is 13.1. The summed E-state index contributed by atoms with van der Waals surface area (Å²) in [6.07, 6.45) is 0.716. The lowest BCUT2D eigenvalue weighted by molar-refractivity contribution is 0.0943. The minimum absolute atomic E-state index is 0.00198. The minimum Gasteiger partial charge on any atom is -0.350 e. The summed E-state index contributed by atoms with van der Waals surface area (Å²) in [4.78, 5) is 35.1. The van der Waals surface area contributed by atoms with Crippen molar-refractivity contribution < 1.29 is 14.4 Å². The van der Waals surface area contributed by atoms with Crippen LogP contribution in [0.15, 0.2) is 48.5 Å². The summed E-state index contributed by atoms with van der Waals surface area (Å²) in [6.45, 7) is 3.74. The Kier molecular flexibility index (Phi) is 5.25. The quantitative estimate of drug-likeness (QED) is 0.834. The van der Waals surface area contributed by atoms with Gasteiger partial charge in [-0.1, -0.05) is 24.3 Å². The molecule has 2 aromatic carbocycles. The zero-order valence-electron chi connectivity index (χ0n) is 13.0. The maximum absolute atomic E-state index is 12.3. The van der Waals surface area contributed by atoms with Crippen LogP contribution >= 0.6 is 0 Å². The third-order valence-corrected chi connectivity index (χ3v) is 3.15. The summed E-state index contributed by atoms with van der Waals surface area (Å²) < 4.78 is 0. The number of hydrogen-bond donors (Lipinski definition) is 2. The van der Waals surface area contributed by atoms with E-state index in [1.54, 1.807) is 48.5 Å². The van der Waals surface area contributed by atoms with Gasteiger partial charge in [0.1, 0.15) is 6.29 Å². The lowest BCUT2D eigenvalue weighted by Crippen LogP contribution is -2.31. The third-order valence-electron chi connectivity index (χ3n) is 3.15. The zero-order chi connectivity index (χ0) is 16.8. The van der Waals surface area contributed by atoms with Gasteiger partial charge in [0.15, 0.2) is 0 Å². The fourth-order valence-corrected chi connectivity index (χ4v) is 2.04. The highest BCUT2D eigenvalue weighted by molar-refractivity contribution is 6.09. The molecule has 2 N–H and O–H groups in total. The Balaban J connectivity index is 2.20. The highest BCUT2D eigenvalue weighted by atomic mass is 16.2. The first-order valence-corrected chi connectivity index (χ1v) is 7.27. The van der Waals surface area contributed by atoms with Gasteiger partial charge in [-0.05, 0) is 38.1 Å². The normalized spacial score (nSPS) is 10.2. The van der Waals surface area contributed by atoms with Crippen LogP contribution in [0, 0.1) is 0 Å². The standard InChI is InChI=1S/C18H18N2O3/c1-12(2)19-18(23)15-5-3-4-6-16(15)20-17(22)14-9-7-13(11-21)8-10-14/h3-12H,1-2H3,(H,19,23)(H,20,22). The largest absolute Gasteiger partial charge is 0.350 e. The number of anilines is 1. The lowest BCUT2D eigenvalue weighted by Gasteiger charge is -2.13. The van der Waals surface area contributed by atoms with Gasteiger partial charge in [-0.25, -0.2) is 0 Å². The fourth-order valence-electron chi connectivity index (χ4n) is 2.04. The van der Waals surface area contributed by atoms with E-state index in [0.29, 0.717) is 28.7 Å². The minimum atomic E-state index is -0.341. The van der Waals surface area contributed by atoms with Gasteiger partial charge in [0.05, 0.1) is 11.3 Å². The van der Waals surface area contributed by atoms with E-state index >= 15 is 0 Å². The van der Waals surface area contributed by atoms with E-state index in [0.717, 1.165) is 0 Å². The van der Waals surface area contributed by atoms with Crippen molar-refractivity contribution in [3.05, 3.63) is 65.2 Å². The predicted octanol–water partition coefficient (Wildman–Crippen LogP) is 2.89. The highest BCUT2D eigenvalue weighted by Gasteiger charge is 2.14. The van der Waals surface area contributed by atoms with E-state index < -0.39 is 0 Å². The molecule has 0 atom stereocenters. The molecule has 23 heavy (non-hydrogen) atoms. The first-order valence-electron chi connectivity index (χ1n) is 7.27. The van der Waals surface area contributed by atoms with Crippen LogP contribution in [0.1, 0.15) is 44.9 Å². The van der Waals surface area contributed by atoms with Crippen molar-refractivity contribution in [3.8, 4) is 0 Å². The summed E-state index contributed by atoms with van der Waals surface area (Å²) in [7, 11) is 0. The van der Waals surface area contributed by atoms with E-state index in [1.807, 2.05) is 13.8 Å². The smallest absolute Gasteiger partial charge is 0.255 e. The molecule has 0 aromatic heterocycles. The maximum Gasteiger partial charge on any atom is 0.255 e. The second-order valence-corrected chi connectivity index (χ2v) is 5.37. The van der Waals surface area contributed by atoms with Gasteiger partial charge in [0, 0.05) is 17.2 Å². The Hall–Kier alpha value is -2.95. The molecule has 0 aliphatic carbocycles. The average Bonchev–Trinajstić information content (AvgIpc) is 2.54. The van der Waals surface area contributed by atoms with Gasteiger partial charge < -0.3 is 10.6 Å². The van der Waals surface area contributed by atoms with E-state index in [-0.39, 0.29) is 17.9 Å². The number of hydrogen-bond acceptors (Lipinski definition) is 3. The van der Waals surface area contributed by atoms with E-state index in [9.17, 15) is 14.4 Å². The summed E-state index contributed by atoms with van der Waals surface area (Å²) in [5, 5.41) is 5.53. The maximum atomic E-state index is 12.3. The molecule has 0 aliphatic rings. The molecule has 0 saturated carbocycles. The van der Waals surface area contributed by atoms with Crippen molar-refractivity contribution in [2.75, 3.05) is 5.32 Å². The number of para-hydroxylation sites is 1. The third kappa shape index (κ3) is 4.26. The zero-order valence-corrected chi connectivity index (χ0v) is 13.0. The van der Waals surface area contributed by atoms with Crippen LogP contribution in [0.5, 0.6) is 0 Å². The van der Waals surface area contributed by atoms with Crippen LogP contribution in [0.2, 0.25) is 0 Å². The molecule has 0 spiro atoms. The Morgan fingerprint density at radius 1 is 0.957 bits per heavy atom. The number of carbonyl (C=O) groups is 3. The number of rotatable bonds is 5. The fraction of sp³-hybridized carbons (Fsp3) is 0.167. The number of benzene rings is 2. The van der Waals surface area contributed by atoms with Crippen molar-refractivity contribution in [1.29, 1.82) is 0 Å². The average molecular weight is 310 g/mol. The summed E-state index contributed by atoms with van der Waals surface area (Å²) in [5.41, 5.74) is 1.75. The van der Waals surface area contributed by atoms with Crippen molar-refractivity contribution in [3.63, 3.8) is 0 Å². The number of amides is 2. The van der Waals surface area contributed by atoms with Crippen molar-refractivity contribution >= 4 is 23.8 Å². The molecule has 5 nitrogen and oxygen atoms in total. The molecular formula is C18H18N2O3. The van der Waals surface area contributed by atoms with E-state index in [4.69, 9.17) is 0 Å². The number of nitrogens with one attached hydrogen (secondary N) is 2. The van der Waals surface area contributed by atoms with Gasteiger partial charge in [0.25, 0.3) is 11.8 Å². The van der Waals surface area contributed by atoms with Crippen LogP contribution < -0.4 is 10.6 Å². The number of carbonyl (C=O) groups excluding carboxylic acids is 3. The van der Waals surface area contributed by atoms with Crippen molar-refractivity contribution in [2.45, 2.75) is 19.9 Å². The van der Waals surface area contributed by atoms with Crippen LogP contribution in [-0.4, -0.2) is 24.1 Å². The Labute approximate surface area is 134 Å². The summed E-state index contributed by atoms with van der Waals surface area (Å²) >= 11 is 0. The molecule has 118 valence electrons. The Morgan fingerprint density at radius 2 is 1.61 bits per heavy atom. The van der Waals surface area contributed by atoms with E-state index in [2.05, 4.69) is 10.6 Å². The second-order valence-electron chi connectivity index (χ2n) is 5.37. The molecule has 0 bridgehead atoms. The lowest BCUT2D eigenvalue weighted by atomic mass is 10.1. The highest BCUT2D eigenvalue weighted by Crippen LogP contribution is 2.16. The molecule has 0 unspecified atom stereocenters. The molecule has 0 heterocycles. The van der Waals surface area contributed by atoms with Crippen LogP contribution in [0.25, 0.3) is 0 Å². The van der Waals surface area contributed by atoms with E-state index in [1.165, 1.54) is 0 Å². The molecule has 5 heteroatoms. The molecule has 0 fully saturated rings. The van der Waals surface area contributed by atoms with Crippen LogP contribution in [0.3, 0.4) is 0 Å². The van der Waals surface area contributed by atoms with Gasteiger partial charge in [0.2, 0.25) is 0 Å². The number of aldehydes is 1. The van der Waals surface area contributed by atoms with Crippen LogP contribution in [0.4, 0.5) is 5.69 Å². The first kappa shape index (κ1) is 16.4. The van der Waals surface area contributed by atoms with Gasteiger partial charge in [-0.2, -0.15) is 0 Å². The first-order chi connectivity index (χ1) is 11.0. The molecule has 2 rings (SSSR count). The molecule has 0 radical (unpaired) electrons. The van der Waals surface area contributed by atoms with Gasteiger partial charge in [-0.3, -0.25) is 14.4 Å². The molecule has 0 aliphatic heterocycles. The Bertz CT molecular complexity index is 721. The molecular weight excluding hydrogens is 292 g/mol. The topological polar surface area (TPSA) is 75.3 Å². The van der Waals surface area contributed by atoms with Gasteiger partial charge in [-0.15, -0.1) is 0 Å². The molecule has 2 amide bonds. The van der Waals surface area contributed by atoms with Crippen molar-refractivity contribution in [1.82, 2.24) is 5.32 Å². The summed E-state index contributed by atoms with van der Waals surface area (Å²) in [5.74, 6) is -0.584. The van der Waals surface area contributed by atoms with Crippen molar-refractivity contribution in [2.24, 2.45) is 0 Å².